The van der Waals surface area contributed by atoms with Gasteiger partial charge in [0.2, 0.25) is 5.91 Å². The van der Waals surface area contributed by atoms with Crippen LogP contribution in [0.3, 0.4) is 0 Å². The first-order valence-electron chi connectivity index (χ1n) is 7.55. The Kier molecular flexibility index (Phi) is 5.11. The molecule has 0 aliphatic carbocycles. The van der Waals surface area contributed by atoms with Gasteiger partial charge in [-0.25, -0.2) is 0 Å². The maximum Gasteiger partial charge on any atom is 0.220 e. The quantitative estimate of drug-likeness (QED) is 0.851. The van der Waals surface area contributed by atoms with E-state index in [0.29, 0.717) is 12.8 Å². The van der Waals surface area contributed by atoms with Gasteiger partial charge in [0.25, 0.3) is 0 Å². The van der Waals surface area contributed by atoms with E-state index >= 15 is 0 Å². The number of nitrogens with two attached hydrogens (primary N) is 1. The molecule has 1 aromatic heterocycles. The molecule has 112 valence electrons. The summed E-state index contributed by atoms with van der Waals surface area (Å²) >= 11 is 0. The van der Waals surface area contributed by atoms with Crippen molar-refractivity contribution < 1.29 is 4.79 Å². The Morgan fingerprint density at radius 1 is 1.35 bits per heavy atom. The summed E-state index contributed by atoms with van der Waals surface area (Å²) in [5.41, 5.74) is 5.67. The van der Waals surface area contributed by atoms with Crippen LogP contribution in [-0.2, 0) is 17.8 Å². The predicted molar refractivity (Wildman–Crippen MR) is 77.0 cm³/mol. The van der Waals surface area contributed by atoms with Gasteiger partial charge in [0.1, 0.15) is 5.82 Å². The van der Waals surface area contributed by atoms with Crippen LogP contribution in [0.25, 0.3) is 0 Å². The van der Waals surface area contributed by atoms with Crippen LogP contribution in [0.2, 0.25) is 0 Å². The maximum absolute atomic E-state index is 11.9. The smallest absolute Gasteiger partial charge is 0.220 e. The lowest BCUT2D eigenvalue weighted by Crippen LogP contribution is -2.30. The Hall–Kier alpha value is -1.43. The number of nitrogens with one attached hydrogen (secondary N) is 1. The summed E-state index contributed by atoms with van der Waals surface area (Å²) in [6.45, 7) is 4.83. The number of amides is 1. The van der Waals surface area contributed by atoms with Crippen molar-refractivity contribution in [3.05, 3.63) is 11.6 Å². The third-order valence-corrected chi connectivity index (χ3v) is 3.73. The van der Waals surface area contributed by atoms with Crippen LogP contribution in [0.5, 0.6) is 0 Å². The number of hydrogen-bond donors (Lipinski definition) is 2. The predicted octanol–water partition coefficient (Wildman–Crippen LogP) is 1.31. The maximum atomic E-state index is 11.9. The topological polar surface area (TPSA) is 85.8 Å². The highest BCUT2D eigenvalue weighted by molar-refractivity contribution is 5.76. The molecule has 1 aliphatic heterocycles. The molecule has 0 bridgehead atoms. The molecule has 2 atom stereocenters. The van der Waals surface area contributed by atoms with Gasteiger partial charge in [0.05, 0.1) is 6.04 Å². The zero-order valence-corrected chi connectivity index (χ0v) is 12.4. The number of carbonyl (C=O) groups excluding carboxylic acids is 1. The van der Waals surface area contributed by atoms with E-state index in [4.69, 9.17) is 5.73 Å². The van der Waals surface area contributed by atoms with Crippen molar-refractivity contribution >= 4 is 5.91 Å². The van der Waals surface area contributed by atoms with Gasteiger partial charge in [0, 0.05) is 25.4 Å². The van der Waals surface area contributed by atoms with Crippen LogP contribution in [0.15, 0.2) is 0 Å². The average molecular weight is 279 g/mol. The van der Waals surface area contributed by atoms with Gasteiger partial charge in [-0.2, -0.15) is 0 Å². The Labute approximate surface area is 120 Å². The van der Waals surface area contributed by atoms with Gasteiger partial charge in [-0.15, -0.1) is 10.2 Å². The van der Waals surface area contributed by atoms with Crippen molar-refractivity contribution in [1.82, 2.24) is 20.1 Å². The van der Waals surface area contributed by atoms with E-state index in [1.54, 1.807) is 0 Å². The highest BCUT2D eigenvalue weighted by Crippen LogP contribution is 2.18. The number of aromatic nitrogens is 3. The average Bonchev–Trinajstić information content (AvgIpc) is 2.66. The molecule has 6 heteroatoms. The summed E-state index contributed by atoms with van der Waals surface area (Å²) in [6.07, 6.45) is 5.71. The first kappa shape index (κ1) is 15.0. The fraction of sp³-hybridized carbons (Fsp3) is 0.786. The highest BCUT2D eigenvalue weighted by Gasteiger charge is 2.20. The summed E-state index contributed by atoms with van der Waals surface area (Å²) in [5.74, 6) is 1.95. The molecule has 6 nitrogen and oxygen atoms in total. The first-order chi connectivity index (χ1) is 9.58. The summed E-state index contributed by atoms with van der Waals surface area (Å²) in [4.78, 5) is 11.9. The Balaban J connectivity index is 1.97. The minimum absolute atomic E-state index is 0.0285. The molecule has 1 amide bonds. The minimum Gasteiger partial charge on any atom is -0.346 e. The van der Waals surface area contributed by atoms with Gasteiger partial charge in [0.15, 0.2) is 5.82 Å². The lowest BCUT2D eigenvalue weighted by Gasteiger charge is -2.15. The Bertz CT molecular complexity index is 454. The molecule has 0 spiro atoms. The van der Waals surface area contributed by atoms with Crippen molar-refractivity contribution in [2.24, 2.45) is 5.73 Å². The largest absolute Gasteiger partial charge is 0.346 e. The molecule has 3 N–H and O–H groups in total. The second-order valence-corrected chi connectivity index (χ2v) is 5.74. The van der Waals surface area contributed by atoms with Crippen LogP contribution in [-0.4, -0.2) is 26.7 Å². The summed E-state index contributed by atoms with van der Waals surface area (Å²) < 4.78 is 2.17. The van der Waals surface area contributed by atoms with E-state index < -0.39 is 0 Å². The SMILES string of the molecule is CC(N)CCC(=O)NC(C)c1nnc2n1CCCCC2. The van der Waals surface area contributed by atoms with E-state index in [9.17, 15) is 4.79 Å². The second-order valence-electron chi connectivity index (χ2n) is 5.74. The molecular weight excluding hydrogens is 254 g/mol. The van der Waals surface area contributed by atoms with E-state index in [0.717, 1.165) is 31.0 Å². The van der Waals surface area contributed by atoms with E-state index in [2.05, 4.69) is 20.1 Å². The molecule has 20 heavy (non-hydrogen) atoms. The van der Waals surface area contributed by atoms with Gasteiger partial charge in [-0.1, -0.05) is 6.42 Å². The van der Waals surface area contributed by atoms with Crippen LogP contribution < -0.4 is 11.1 Å². The minimum atomic E-state index is -0.102. The second kappa shape index (κ2) is 6.83. The molecule has 2 unspecified atom stereocenters. The summed E-state index contributed by atoms with van der Waals surface area (Å²) in [6, 6.07) is -0.0460. The third kappa shape index (κ3) is 3.79. The van der Waals surface area contributed by atoms with Gasteiger partial charge in [-0.05, 0) is 33.1 Å². The van der Waals surface area contributed by atoms with E-state index in [1.165, 1.54) is 12.8 Å². The standard InChI is InChI=1S/C14H25N5O/c1-10(15)7-8-13(20)16-11(2)14-18-17-12-6-4-3-5-9-19(12)14/h10-11H,3-9,15H2,1-2H3,(H,16,20). The molecule has 2 rings (SSSR count). The summed E-state index contributed by atoms with van der Waals surface area (Å²) in [5, 5.41) is 11.5. The number of hydrogen-bond acceptors (Lipinski definition) is 4. The Morgan fingerprint density at radius 3 is 2.90 bits per heavy atom. The van der Waals surface area contributed by atoms with Crippen molar-refractivity contribution in [3.63, 3.8) is 0 Å². The van der Waals surface area contributed by atoms with Crippen molar-refractivity contribution in [2.75, 3.05) is 0 Å². The monoisotopic (exact) mass is 279 g/mol. The number of rotatable bonds is 5. The first-order valence-corrected chi connectivity index (χ1v) is 7.55. The zero-order valence-electron chi connectivity index (χ0n) is 12.4. The number of nitrogens with zero attached hydrogens (tertiary/aromatic N) is 3. The van der Waals surface area contributed by atoms with E-state index in [-0.39, 0.29) is 18.0 Å². The highest BCUT2D eigenvalue weighted by atomic mass is 16.1. The molecule has 0 fully saturated rings. The fourth-order valence-corrected chi connectivity index (χ4v) is 2.56. The molecule has 1 aromatic rings. The molecule has 0 radical (unpaired) electrons. The number of fused-ring (bicyclic) bond motifs is 1. The lowest BCUT2D eigenvalue weighted by atomic mass is 10.2. The van der Waals surface area contributed by atoms with Crippen LogP contribution in [0.1, 0.15) is 63.6 Å². The van der Waals surface area contributed by atoms with Gasteiger partial charge >= 0.3 is 0 Å². The molecule has 0 saturated carbocycles. The molecule has 2 heterocycles. The molecule has 0 saturated heterocycles. The molecular formula is C14H25N5O. The van der Waals surface area contributed by atoms with Crippen LogP contribution in [0, 0.1) is 0 Å². The lowest BCUT2D eigenvalue weighted by molar-refractivity contribution is -0.122. The van der Waals surface area contributed by atoms with Crippen LogP contribution in [0.4, 0.5) is 0 Å². The number of carbonyl (C=O) groups is 1. The molecule has 0 aromatic carbocycles. The third-order valence-electron chi connectivity index (χ3n) is 3.73. The fourth-order valence-electron chi connectivity index (χ4n) is 2.56. The van der Waals surface area contributed by atoms with Gasteiger partial charge < -0.3 is 15.6 Å². The van der Waals surface area contributed by atoms with Crippen molar-refractivity contribution in [2.45, 2.75) is 71.0 Å². The Morgan fingerprint density at radius 2 is 2.15 bits per heavy atom. The normalized spacial score (nSPS) is 17.9. The van der Waals surface area contributed by atoms with Crippen molar-refractivity contribution in [3.8, 4) is 0 Å². The zero-order chi connectivity index (χ0) is 14.5. The van der Waals surface area contributed by atoms with Crippen molar-refractivity contribution in [1.29, 1.82) is 0 Å². The van der Waals surface area contributed by atoms with Gasteiger partial charge in [-0.3, -0.25) is 4.79 Å². The van der Waals surface area contributed by atoms with E-state index in [1.807, 2.05) is 13.8 Å². The van der Waals surface area contributed by atoms with Crippen LogP contribution >= 0.6 is 0 Å². The molecule has 1 aliphatic rings. The number of aryl methyl sites for hydroxylation is 1. The summed E-state index contributed by atoms with van der Waals surface area (Å²) in [7, 11) is 0.